The van der Waals surface area contributed by atoms with Crippen LogP contribution in [-0.2, 0) is 6.54 Å². The van der Waals surface area contributed by atoms with E-state index < -0.39 is 0 Å². The third-order valence-corrected chi connectivity index (χ3v) is 13.4. The maximum Gasteiger partial charge on any atom is 0.290 e. The van der Waals surface area contributed by atoms with Gasteiger partial charge in [0.15, 0.2) is 11.3 Å². The van der Waals surface area contributed by atoms with E-state index in [4.69, 9.17) is 4.42 Å². The van der Waals surface area contributed by atoms with Gasteiger partial charge in [-0.1, -0.05) is 0 Å². The summed E-state index contributed by atoms with van der Waals surface area (Å²) in [5.41, 5.74) is 4.70. The Morgan fingerprint density at radius 2 is 1.37 bits per heavy atom. The molecule has 0 N–H and O–H groups in total. The zero-order chi connectivity index (χ0) is 24.2. The van der Waals surface area contributed by atoms with E-state index in [9.17, 15) is 4.79 Å². The SMILES string of the molecule is Cc1ccc(-c2sc3c(C)c(-c4ccc(-c5sc(C)c6c7c(oc56)C(=O)N(C)C7)s4)sc3c2C)s1. The van der Waals surface area contributed by atoms with Gasteiger partial charge < -0.3 is 9.32 Å². The van der Waals surface area contributed by atoms with Gasteiger partial charge >= 0.3 is 0 Å². The van der Waals surface area contributed by atoms with Gasteiger partial charge in [0.2, 0.25) is 0 Å². The number of carbonyl (C=O) groups is 1. The number of aryl methyl sites for hydroxylation is 4. The van der Waals surface area contributed by atoms with Crippen LogP contribution in [0.2, 0.25) is 0 Å². The summed E-state index contributed by atoms with van der Waals surface area (Å²) in [6.07, 6.45) is 0. The van der Waals surface area contributed by atoms with Crippen LogP contribution in [0.5, 0.6) is 0 Å². The lowest BCUT2D eigenvalue weighted by Crippen LogP contribution is -2.17. The van der Waals surface area contributed by atoms with Gasteiger partial charge in [0.1, 0.15) is 0 Å². The Balaban J connectivity index is 1.31. The van der Waals surface area contributed by atoms with Crippen molar-refractivity contribution in [3.63, 3.8) is 0 Å². The molecule has 0 spiro atoms. The Morgan fingerprint density at radius 1 is 0.771 bits per heavy atom. The molecule has 3 nitrogen and oxygen atoms in total. The molecule has 6 aromatic rings. The van der Waals surface area contributed by atoms with Crippen LogP contribution >= 0.6 is 56.7 Å². The number of nitrogens with zero attached hydrogens (tertiary/aromatic N) is 1. The van der Waals surface area contributed by atoms with Crippen molar-refractivity contribution in [1.82, 2.24) is 4.90 Å². The molecule has 1 amide bonds. The fraction of sp³-hybridized carbons (Fsp3) is 0.222. The highest BCUT2D eigenvalue weighted by atomic mass is 32.1. The van der Waals surface area contributed by atoms with Crippen LogP contribution < -0.4 is 0 Å². The van der Waals surface area contributed by atoms with Crippen LogP contribution in [0.15, 0.2) is 28.7 Å². The van der Waals surface area contributed by atoms with Crippen LogP contribution in [0.1, 0.15) is 37.0 Å². The molecule has 0 unspecified atom stereocenters. The van der Waals surface area contributed by atoms with Gasteiger partial charge in [-0.3, -0.25) is 4.79 Å². The first-order valence-electron chi connectivity index (χ1n) is 11.3. The van der Waals surface area contributed by atoms with Crippen LogP contribution in [-0.4, -0.2) is 17.9 Å². The van der Waals surface area contributed by atoms with Gasteiger partial charge in [0, 0.05) is 61.5 Å². The number of hydrogen-bond acceptors (Lipinski definition) is 7. The van der Waals surface area contributed by atoms with Gasteiger partial charge in [-0.25, -0.2) is 0 Å². The van der Waals surface area contributed by atoms with E-state index in [0.29, 0.717) is 12.3 Å². The van der Waals surface area contributed by atoms with Gasteiger partial charge in [-0.15, -0.1) is 56.7 Å². The highest BCUT2D eigenvalue weighted by molar-refractivity contribution is 7.34. The zero-order valence-electron chi connectivity index (χ0n) is 19.8. The molecule has 1 aliphatic rings. The maximum absolute atomic E-state index is 12.5. The second kappa shape index (κ2) is 7.63. The van der Waals surface area contributed by atoms with Crippen molar-refractivity contribution in [2.45, 2.75) is 34.2 Å². The number of carbonyl (C=O) groups excluding carboxylic acids is 1. The molecule has 0 atom stereocenters. The summed E-state index contributed by atoms with van der Waals surface area (Å²) in [5.74, 6) is 0.508. The normalized spacial score (nSPS) is 13.7. The zero-order valence-corrected chi connectivity index (χ0v) is 23.9. The van der Waals surface area contributed by atoms with Crippen molar-refractivity contribution < 1.29 is 9.21 Å². The van der Waals surface area contributed by atoms with Gasteiger partial charge in [0.05, 0.1) is 11.4 Å². The van der Waals surface area contributed by atoms with Crippen molar-refractivity contribution in [3.05, 3.63) is 56.5 Å². The number of hydrogen-bond donors (Lipinski definition) is 0. The summed E-state index contributed by atoms with van der Waals surface area (Å²) < 4.78 is 9.01. The molecule has 7 rings (SSSR count). The third-order valence-electron chi connectivity index (χ3n) is 6.75. The van der Waals surface area contributed by atoms with Crippen molar-refractivity contribution in [1.29, 1.82) is 0 Å². The molecular weight excluding hydrogens is 531 g/mol. The molecule has 7 heterocycles. The standard InChI is InChI=1S/C27H21NO2S5/c1-11-6-7-16(31-11)22-12(2)24-25(34-22)13(3)23(35-24)17-8-9-18(33-17)26-21-19(14(4)32-26)15-10-28(5)27(29)20(15)30-21/h6-9H,10H2,1-5H3. The molecule has 0 saturated carbocycles. The van der Waals surface area contributed by atoms with Crippen LogP contribution in [0.3, 0.4) is 0 Å². The monoisotopic (exact) mass is 551 g/mol. The summed E-state index contributed by atoms with van der Waals surface area (Å²) in [4.78, 5) is 24.6. The van der Waals surface area contributed by atoms with E-state index in [1.807, 2.05) is 52.4 Å². The Morgan fingerprint density at radius 3 is 2.00 bits per heavy atom. The van der Waals surface area contributed by atoms with E-state index in [1.54, 1.807) is 16.2 Å². The fourth-order valence-corrected chi connectivity index (χ4v) is 11.2. The quantitative estimate of drug-likeness (QED) is 0.219. The Kier molecular flexibility index (Phi) is 4.80. The van der Waals surface area contributed by atoms with Crippen molar-refractivity contribution in [2.24, 2.45) is 0 Å². The van der Waals surface area contributed by atoms with Crippen LogP contribution in [0.4, 0.5) is 0 Å². The molecular formula is C27H21NO2S5. The maximum atomic E-state index is 12.5. The first-order valence-corrected chi connectivity index (χ1v) is 15.4. The highest BCUT2D eigenvalue weighted by Crippen LogP contribution is 2.52. The molecule has 0 aromatic carbocycles. The first-order chi connectivity index (χ1) is 16.8. The Hall–Kier alpha value is -2.23. The summed E-state index contributed by atoms with van der Waals surface area (Å²) in [5, 5.41) is 1.13. The third kappa shape index (κ3) is 3.07. The lowest BCUT2D eigenvalue weighted by molar-refractivity contribution is 0.0793. The van der Waals surface area contributed by atoms with Crippen LogP contribution in [0, 0.1) is 27.7 Å². The lowest BCUT2D eigenvalue weighted by Gasteiger charge is -2.05. The highest BCUT2D eigenvalue weighted by Gasteiger charge is 2.34. The number of fused-ring (bicyclic) bond motifs is 4. The number of rotatable bonds is 3. The Labute approximate surface area is 222 Å². The lowest BCUT2D eigenvalue weighted by atomic mass is 10.1. The van der Waals surface area contributed by atoms with E-state index >= 15 is 0 Å². The topological polar surface area (TPSA) is 33.5 Å². The van der Waals surface area contributed by atoms with Crippen molar-refractivity contribution in [3.8, 4) is 29.3 Å². The molecule has 0 aliphatic carbocycles. The molecule has 0 saturated heterocycles. The average molecular weight is 552 g/mol. The van der Waals surface area contributed by atoms with E-state index in [1.165, 1.54) is 54.7 Å². The number of furan rings is 1. The molecule has 35 heavy (non-hydrogen) atoms. The minimum Gasteiger partial charge on any atom is -0.449 e. The second-order valence-corrected chi connectivity index (χ2v) is 14.7. The Bertz CT molecular complexity index is 1810. The predicted molar refractivity (Wildman–Crippen MR) is 154 cm³/mol. The molecule has 6 aromatic heterocycles. The predicted octanol–water partition coefficient (Wildman–Crippen LogP) is 9.71. The van der Waals surface area contributed by atoms with Crippen molar-refractivity contribution >= 4 is 83.0 Å². The van der Waals surface area contributed by atoms with Crippen molar-refractivity contribution in [2.75, 3.05) is 7.05 Å². The minimum absolute atomic E-state index is 0.0138. The second-order valence-electron chi connectivity index (χ2n) is 9.11. The smallest absolute Gasteiger partial charge is 0.290 e. The van der Waals surface area contributed by atoms with E-state index in [-0.39, 0.29) is 5.91 Å². The molecule has 0 fully saturated rings. The van der Waals surface area contributed by atoms with Gasteiger partial charge in [-0.05, 0) is 63.1 Å². The minimum atomic E-state index is -0.0138. The molecule has 1 aliphatic heterocycles. The van der Waals surface area contributed by atoms with Gasteiger partial charge in [0.25, 0.3) is 5.91 Å². The fourth-order valence-electron chi connectivity index (χ4n) is 4.97. The average Bonchev–Trinajstić information content (AvgIpc) is 3.64. The first kappa shape index (κ1) is 22.0. The summed E-state index contributed by atoms with van der Waals surface area (Å²) >= 11 is 9.32. The molecule has 0 radical (unpaired) electrons. The number of thiophene rings is 5. The molecule has 8 heteroatoms. The summed E-state index contributed by atoms with van der Waals surface area (Å²) in [6.45, 7) is 9.47. The van der Waals surface area contributed by atoms with Crippen LogP contribution in [0.25, 0.3) is 49.6 Å². The molecule has 0 bridgehead atoms. The van der Waals surface area contributed by atoms with Gasteiger partial charge in [-0.2, -0.15) is 0 Å². The number of amides is 1. The molecule has 176 valence electrons. The summed E-state index contributed by atoms with van der Waals surface area (Å²) in [7, 11) is 1.83. The summed E-state index contributed by atoms with van der Waals surface area (Å²) in [6, 6.07) is 8.93. The van der Waals surface area contributed by atoms with E-state index in [0.717, 1.165) is 21.4 Å². The van der Waals surface area contributed by atoms with E-state index in [2.05, 4.69) is 52.0 Å². The largest absolute Gasteiger partial charge is 0.449 e.